The van der Waals surface area contributed by atoms with Gasteiger partial charge in [-0.1, -0.05) is 11.6 Å². The van der Waals surface area contributed by atoms with Crippen molar-refractivity contribution >= 4 is 11.6 Å². The van der Waals surface area contributed by atoms with E-state index >= 15 is 0 Å². The van der Waals surface area contributed by atoms with Gasteiger partial charge in [0.2, 0.25) is 0 Å². The molecule has 0 aliphatic heterocycles. The van der Waals surface area contributed by atoms with Gasteiger partial charge in [0, 0.05) is 25.0 Å². The van der Waals surface area contributed by atoms with Gasteiger partial charge in [0.15, 0.2) is 0 Å². The number of hydrogen-bond acceptors (Lipinski definition) is 2. The lowest BCUT2D eigenvalue weighted by Crippen LogP contribution is -2.17. The molecule has 3 nitrogen and oxygen atoms in total. The molecular weight excluding hydrogens is 164 g/mol. The summed E-state index contributed by atoms with van der Waals surface area (Å²) in [4.78, 5) is 2.99. The Kier molecular flexibility index (Phi) is 3.42. The number of hydrogen-bond donors (Lipinski definition) is 3. The Balaban J connectivity index is 2.27. The second-order valence-corrected chi connectivity index (χ2v) is 2.68. The molecule has 62 valence electrons. The van der Waals surface area contributed by atoms with Crippen LogP contribution in [0.5, 0.6) is 0 Å². The zero-order chi connectivity index (χ0) is 8.10. The van der Waals surface area contributed by atoms with Gasteiger partial charge in [-0.3, -0.25) is 0 Å². The molecule has 0 aliphatic carbocycles. The molecule has 0 saturated carbocycles. The third-order valence-electron chi connectivity index (χ3n) is 1.31. The SMILES string of the molecule is OCCNCc1cc(Cl)c[nH]1. The number of aliphatic hydroxyl groups excluding tert-OH is 1. The highest BCUT2D eigenvalue weighted by molar-refractivity contribution is 6.30. The molecule has 0 fully saturated rings. The molecule has 0 aromatic carbocycles. The van der Waals surface area contributed by atoms with Gasteiger partial charge < -0.3 is 15.4 Å². The zero-order valence-electron chi connectivity index (χ0n) is 6.10. The number of aromatic amines is 1. The average Bonchev–Trinajstić information content (AvgIpc) is 2.37. The van der Waals surface area contributed by atoms with Crippen molar-refractivity contribution in [3.05, 3.63) is 23.0 Å². The smallest absolute Gasteiger partial charge is 0.0583 e. The van der Waals surface area contributed by atoms with Crippen molar-refractivity contribution in [3.8, 4) is 0 Å². The maximum Gasteiger partial charge on any atom is 0.0583 e. The normalized spacial score (nSPS) is 10.4. The van der Waals surface area contributed by atoms with Gasteiger partial charge in [-0.05, 0) is 6.07 Å². The lowest BCUT2D eigenvalue weighted by Gasteiger charge is -1.98. The van der Waals surface area contributed by atoms with Crippen molar-refractivity contribution < 1.29 is 5.11 Å². The molecule has 0 saturated heterocycles. The Bertz CT molecular complexity index is 212. The van der Waals surface area contributed by atoms with Crippen LogP contribution in [0.25, 0.3) is 0 Å². The molecule has 0 aliphatic rings. The summed E-state index contributed by atoms with van der Waals surface area (Å²) >= 11 is 5.66. The van der Waals surface area contributed by atoms with E-state index in [2.05, 4.69) is 10.3 Å². The number of rotatable bonds is 4. The topological polar surface area (TPSA) is 48.0 Å². The molecule has 11 heavy (non-hydrogen) atoms. The summed E-state index contributed by atoms with van der Waals surface area (Å²) in [6.45, 7) is 1.48. The highest BCUT2D eigenvalue weighted by Crippen LogP contribution is 2.08. The number of H-pyrrole nitrogens is 1. The van der Waals surface area contributed by atoms with Crippen molar-refractivity contribution in [3.63, 3.8) is 0 Å². The van der Waals surface area contributed by atoms with Crippen LogP contribution in [0.1, 0.15) is 5.69 Å². The van der Waals surface area contributed by atoms with Crippen molar-refractivity contribution in [1.29, 1.82) is 0 Å². The highest BCUT2D eigenvalue weighted by atomic mass is 35.5. The van der Waals surface area contributed by atoms with Gasteiger partial charge in [-0.15, -0.1) is 0 Å². The standard InChI is InChI=1S/C7H11ClN2O/c8-6-3-7(10-4-6)5-9-1-2-11/h3-4,9-11H,1-2,5H2. The molecule has 1 rings (SSSR count). The van der Waals surface area contributed by atoms with Crippen LogP contribution in [0.3, 0.4) is 0 Å². The molecule has 4 heteroatoms. The molecule has 1 aromatic rings. The minimum Gasteiger partial charge on any atom is -0.395 e. The summed E-state index contributed by atoms with van der Waals surface area (Å²) in [5, 5.41) is 12.2. The maximum atomic E-state index is 8.45. The largest absolute Gasteiger partial charge is 0.395 e. The van der Waals surface area contributed by atoms with Crippen LogP contribution in [0.4, 0.5) is 0 Å². The summed E-state index contributed by atoms with van der Waals surface area (Å²) in [5.41, 5.74) is 1.03. The van der Waals surface area contributed by atoms with Crippen molar-refractivity contribution in [2.24, 2.45) is 0 Å². The molecule has 0 unspecified atom stereocenters. The van der Waals surface area contributed by atoms with E-state index in [1.165, 1.54) is 0 Å². The minimum atomic E-state index is 0.161. The molecule has 0 amide bonds. The first-order chi connectivity index (χ1) is 5.33. The number of aromatic nitrogens is 1. The van der Waals surface area contributed by atoms with E-state index in [1.54, 1.807) is 6.20 Å². The van der Waals surface area contributed by atoms with E-state index in [0.29, 0.717) is 18.1 Å². The predicted octanol–water partition coefficient (Wildman–Crippen LogP) is 0.750. The summed E-state index contributed by atoms with van der Waals surface area (Å²) in [6.07, 6.45) is 1.73. The summed E-state index contributed by atoms with van der Waals surface area (Å²) in [6, 6.07) is 1.85. The first kappa shape index (κ1) is 8.59. The quantitative estimate of drug-likeness (QED) is 0.590. The first-order valence-corrected chi connectivity index (χ1v) is 3.85. The number of aliphatic hydroxyl groups is 1. The maximum absolute atomic E-state index is 8.45. The molecule has 0 spiro atoms. The van der Waals surface area contributed by atoms with Gasteiger partial charge >= 0.3 is 0 Å². The van der Waals surface area contributed by atoms with E-state index < -0.39 is 0 Å². The Labute approximate surface area is 70.4 Å². The first-order valence-electron chi connectivity index (χ1n) is 3.47. The van der Waals surface area contributed by atoms with E-state index in [0.717, 1.165) is 5.69 Å². The summed E-state index contributed by atoms with van der Waals surface area (Å²) < 4.78 is 0. The van der Waals surface area contributed by atoms with Crippen LogP contribution in [-0.2, 0) is 6.54 Å². The lowest BCUT2D eigenvalue weighted by atomic mass is 10.4. The van der Waals surface area contributed by atoms with Gasteiger partial charge in [-0.2, -0.15) is 0 Å². The molecule has 1 aromatic heterocycles. The number of nitrogens with one attached hydrogen (secondary N) is 2. The summed E-state index contributed by atoms with van der Waals surface area (Å²) in [5.74, 6) is 0. The van der Waals surface area contributed by atoms with E-state index in [-0.39, 0.29) is 6.61 Å². The lowest BCUT2D eigenvalue weighted by molar-refractivity contribution is 0.291. The van der Waals surface area contributed by atoms with Gasteiger partial charge in [0.05, 0.1) is 11.6 Å². The van der Waals surface area contributed by atoms with E-state index in [1.807, 2.05) is 6.07 Å². The molecule has 0 atom stereocenters. The Morgan fingerprint density at radius 2 is 2.45 bits per heavy atom. The molecule has 1 heterocycles. The van der Waals surface area contributed by atoms with Gasteiger partial charge in [0.25, 0.3) is 0 Å². The second kappa shape index (κ2) is 4.38. The van der Waals surface area contributed by atoms with Crippen molar-refractivity contribution in [2.45, 2.75) is 6.54 Å². The molecule has 0 radical (unpaired) electrons. The molecule has 3 N–H and O–H groups in total. The van der Waals surface area contributed by atoms with Crippen molar-refractivity contribution in [2.75, 3.05) is 13.2 Å². The third kappa shape index (κ3) is 2.93. The Morgan fingerprint density at radius 1 is 1.64 bits per heavy atom. The zero-order valence-corrected chi connectivity index (χ0v) is 6.86. The van der Waals surface area contributed by atoms with Gasteiger partial charge in [0.1, 0.15) is 0 Å². The van der Waals surface area contributed by atoms with Crippen LogP contribution in [0, 0.1) is 0 Å². The fourth-order valence-corrected chi connectivity index (χ4v) is 1.00. The van der Waals surface area contributed by atoms with Crippen LogP contribution < -0.4 is 5.32 Å². The van der Waals surface area contributed by atoms with E-state index in [4.69, 9.17) is 16.7 Å². The fourth-order valence-electron chi connectivity index (χ4n) is 0.816. The summed E-state index contributed by atoms with van der Waals surface area (Å²) in [7, 11) is 0. The van der Waals surface area contributed by atoms with Crippen LogP contribution in [0.15, 0.2) is 12.3 Å². The van der Waals surface area contributed by atoms with Crippen LogP contribution in [0.2, 0.25) is 5.02 Å². The van der Waals surface area contributed by atoms with Crippen molar-refractivity contribution in [1.82, 2.24) is 10.3 Å². The van der Waals surface area contributed by atoms with Crippen LogP contribution in [-0.4, -0.2) is 23.2 Å². The van der Waals surface area contributed by atoms with Gasteiger partial charge in [-0.25, -0.2) is 0 Å². The highest BCUT2D eigenvalue weighted by Gasteiger charge is 1.94. The van der Waals surface area contributed by atoms with E-state index in [9.17, 15) is 0 Å². The number of halogens is 1. The van der Waals surface area contributed by atoms with Crippen LogP contribution >= 0.6 is 11.6 Å². The Morgan fingerprint density at radius 3 is 3.00 bits per heavy atom. The third-order valence-corrected chi connectivity index (χ3v) is 1.53. The average molecular weight is 175 g/mol. The monoisotopic (exact) mass is 174 g/mol. The molecule has 0 bridgehead atoms. The second-order valence-electron chi connectivity index (χ2n) is 2.24. The fraction of sp³-hybridized carbons (Fsp3) is 0.429. The predicted molar refractivity (Wildman–Crippen MR) is 44.6 cm³/mol. The molecular formula is C7H11ClN2O. The minimum absolute atomic E-state index is 0.161. The Hall–Kier alpha value is -0.510.